The van der Waals surface area contributed by atoms with Gasteiger partial charge in [0.2, 0.25) is 5.91 Å². The van der Waals surface area contributed by atoms with Crippen LogP contribution in [0.2, 0.25) is 0 Å². The van der Waals surface area contributed by atoms with Crippen LogP contribution in [0.4, 0.5) is 0 Å². The van der Waals surface area contributed by atoms with Crippen molar-refractivity contribution < 1.29 is 9.53 Å². The Hall–Kier alpha value is -0.610. The van der Waals surface area contributed by atoms with Crippen molar-refractivity contribution in [2.75, 3.05) is 26.8 Å². The van der Waals surface area contributed by atoms with Gasteiger partial charge in [-0.3, -0.25) is 4.79 Å². The summed E-state index contributed by atoms with van der Waals surface area (Å²) in [6.45, 7) is 6.20. The highest BCUT2D eigenvalue weighted by Crippen LogP contribution is 2.31. The van der Waals surface area contributed by atoms with Crippen LogP contribution in [0, 0.1) is 5.92 Å². The number of carbonyl (C=O) groups excluding carboxylic acids is 1. The molecule has 0 aromatic carbocycles. The standard InChI is InChI=1S/C12H24N2O2/c1-10(2)9-14(7-8-16-3)11(15)12(13)5-4-6-12/h10H,4-9,13H2,1-3H3. The molecule has 0 bridgehead atoms. The van der Waals surface area contributed by atoms with Gasteiger partial charge in [0.05, 0.1) is 12.1 Å². The minimum Gasteiger partial charge on any atom is -0.383 e. The van der Waals surface area contributed by atoms with Gasteiger partial charge in [0.15, 0.2) is 0 Å². The zero-order chi connectivity index (χ0) is 12.2. The Morgan fingerprint density at radius 2 is 2.12 bits per heavy atom. The highest BCUT2D eigenvalue weighted by molar-refractivity contribution is 5.87. The van der Waals surface area contributed by atoms with Gasteiger partial charge in [0.25, 0.3) is 0 Å². The highest BCUT2D eigenvalue weighted by Gasteiger charge is 2.42. The average molecular weight is 228 g/mol. The molecule has 0 atom stereocenters. The van der Waals surface area contributed by atoms with Crippen LogP contribution >= 0.6 is 0 Å². The molecule has 1 rings (SSSR count). The fraction of sp³-hybridized carbons (Fsp3) is 0.917. The van der Waals surface area contributed by atoms with E-state index < -0.39 is 5.54 Å². The summed E-state index contributed by atoms with van der Waals surface area (Å²) in [5.74, 6) is 0.564. The molecule has 0 heterocycles. The normalized spacial score (nSPS) is 18.3. The summed E-state index contributed by atoms with van der Waals surface area (Å²) >= 11 is 0. The maximum absolute atomic E-state index is 12.2. The van der Waals surface area contributed by atoms with Crippen LogP contribution in [0.5, 0.6) is 0 Å². The molecule has 0 aliphatic heterocycles. The highest BCUT2D eigenvalue weighted by atomic mass is 16.5. The molecule has 0 unspecified atom stereocenters. The van der Waals surface area contributed by atoms with E-state index in [-0.39, 0.29) is 5.91 Å². The van der Waals surface area contributed by atoms with E-state index in [9.17, 15) is 4.79 Å². The number of hydrogen-bond acceptors (Lipinski definition) is 3. The summed E-state index contributed by atoms with van der Waals surface area (Å²) in [5.41, 5.74) is 5.48. The van der Waals surface area contributed by atoms with Gasteiger partial charge in [0, 0.05) is 20.2 Å². The molecule has 94 valence electrons. The molecule has 1 amide bonds. The van der Waals surface area contributed by atoms with E-state index in [0.717, 1.165) is 25.8 Å². The van der Waals surface area contributed by atoms with Crippen molar-refractivity contribution >= 4 is 5.91 Å². The number of carbonyl (C=O) groups is 1. The second-order valence-corrected chi connectivity index (χ2v) is 5.15. The van der Waals surface area contributed by atoms with Gasteiger partial charge < -0.3 is 15.4 Å². The topological polar surface area (TPSA) is 55.6 Å². The largest absolute Gasteiger partial charge is 0.383 e. The quantitative estimate of drug-likeness (QED) is 0.738. The Bertz CT molecular complexity index is 237. The minimum atomic E-state index is -0.581. The van der Waals surface area contributed by atoms with Crippen LogP contribution < -0.4 is 5.73 Å². The zero-order valence-electron chi connectivity index (χ0n) is 10.7. The van der Waals surface area contributed by atoms with Gasteiger partial charge in [-0.25, -0.2) is 0 Å². The summed E-state index contributed by atoms with van der Waals surface area (Å²) in [7, 11) is 1.65. The molecule has 0 saturated heterocycles. The molecule has 1 aliphatic rings. The van der Waals surface area contributed by atoms with Gasteiger partial charge in [-0.05, 0) is 25.2 Å². The zero-order valence-corrected chi connectivity index (χ0v) is 10.7. The Morgan fingerprint density at radius 1 is 1.50 bits per heavy atom. The lowest BCUT2D eigenvalue weighted by Gasteiger charge is -2.40. The molecule has 4 nitrogen and oxygen atoms in total. The number of nitrogens with zero attached hydrogens (tertiary/aromatic N) is 1. The minimum absolute atomic E-state index is 0.101. The summed E-state index contributed by atoms with van der Waals surface area (Å²) in [4.78, 5) is 14.1. The first-order valence-corrected chi connectivity index (χ1v) is 6.07. The fourth-order valence-electron chi connectivity index (χ4n) is 2.00. The number of hydrogen-bond donors (Lipinski definition) is 1. The van der Waals surface area contributed by atoms with E-state index in [0.29, 0.717) is 19.1 Å². The predicted octanol–water partition coefficient (Wildman–Crippen LogP) is 0.999. The van der Waals surface area contributed by atoms with Crippen molar-refractivity contribution in [3.05, 3.63) is 0 Å². The van der Waals surface area contributed by atoms with Crippen molar-refractivity contribution in [2.45, 2.75) is 38.6 Å². The molecular formula is C12H24N2O2. The Balaban J connectivity index is 2.56. The van der Waals surface area contributed by atoms with Gasteiger partial charge in [-0.15, -0.1) is 0 Å². The van der Waals surface area contributed by atoms with E-state index >= 15 is 0 Å². The Labute approximate surface area is 98.1 Å². The molecular weight excluding hydrogens is 204 g/mol. The van der Waals surface area contributed by atoms with Gasteiger partial charge >= 0.3 is 0 Å². The summed E-state index contributed by atoms with van der Waals surface area (Å²) in [5, 5.41) is 0. The van der Waals surface area contributed by atoms with E-state index in [1.165, 1.54) is 0 Å². The first-order valence-electron chi connectivity index (χ1n) is 6.07. The molecule has 0 radical (unpaired) electrons. The second-order valence-electron chi connectivity index (χ2n) is 5.15. The fourth-order valence-corrected chi connectivity index (χ4v) is 2.00. The van der Waals surface area contributed by atoms with Crippen LogP contribution in [0.15, 0.2) is 0 Å². The monoisotopic (exact) mass is 228 g/mol. The predicted molar refractivity (Wildman–Crippen MR) is 64.1 cm³/mol. The van der Waals surface area contributed by atoms with Crippen LogP contribution in [-0.4, -0.2) is 43.2 Å². The van der Waals surface area contributed by atoms with Gasteiger partial charge in [-0.1, -0.05) is 13.8 Å². The molecule has 16 heavy (non-hydrogen) atoms. The van der Waals surface area contributed by atoms with Gasteiger partial charge in [0.1, 0.15) is 0 Å². The third-order valence-corrected chi connectivity index (χ3v) is 3.11. The van der Waals surface area contributed by atoms with Crippen molar-refractivity contribution in [3.8, 4) is 0 Å². The first-order chi connectivity index (χ1) is 7.49. The maximum Gasteiger partial charge on any atom is 0.242 e. The molecule has 1 fully saturated rings. The number of rotatable bonds is 6. The lowest BCUT2D eigenvalue weighted by molar-refractivity contribution is -0.141. The molecule has 0 spiro atoms. The van der Waals surface area contributed by atoms with Crippen LogP contribution in [0.25, 0.3) is 0 Å². The van der Waals surface area contributed by atoms with E-state index in [1.807, 2.05) is 4.90 Å². The SMILES string of the molecule is COCCN(CC(C)C)C(=O)C1(N)CCC1. The maximum atomic E-state index is 12.2. The first kappa shape index (κ1) is 13.5. The Kier molecular flexibility index (Phi) is 4.74. The average Bonchev–Trinajstić information content (AvgIpc) is 2.19. The second kappa shape index (κ2) is 5.64. The van der Waals surface area contributed by atoms with Crippen molar-refractivity contribution in [1.82, 2.24) is 4.90 Å². The molecule has 1 saturated carbocycles. The number of amides is 1. The molecule has 1 aliphatic carbocycles. The number of methoxy groups -OCH3 is 1. The van der Waals surface area contributed by atoms with Crippen molar-refractivity contribution in [3.63, 3.8) is 0 Å². The van der Waals surface area contributed by atoms with E-state index in [2.05, 4.69) is 13.8 Å². The van der Waals surface area contributed by atoms with Crippen molar-refractivity contribution in [2.24, 2.45) is 11.7 Å². The van der Waals surface area contributed by atoms with Gasteiger partial charge in [-0.2, -0.15) is 0 Å². The summed E-state index contributed by atoms with van der Waals surface area (Å²) in [6, 6.07) is 0. The summed E-state index contributed by atoms with van der Waals surface area (Å²) < 4.78 is 5.03. The van der Waals surface area contributed by atoms with E-state index in [4.69, 9.17) is 10.5 Å². The van der Waals surface area contributed by atoms with Crippen molar-refractivity contribution in [1.29, 1.82) is 0 Å². The number of nitrogens with two attached hydrogens (primary N) is 1. The molecule has 2 N–H and O–H groups in total. The molecule has 4 heteroatoms. The third-order valence-electron chi connectivity index (χ3n) is 3.11. The summed E-state index contributed by atoms with van der Waals surface area (Å²) in [6.07, 6.45) is 2.73. The molecule has 0 aromatic heterocycles. The lowest BCUT2D eigenvalue weighted by atomic mass is 9.76. The third kappa shape index (κ3) is 3.19. The van der Waals surface area contributed by atoms with Crippen LogP contribution in [0.1, 0.15) is 33.1 Å². The Morgan fingerprint density at radius 3 is 2.50 bits per heavy atom. The van der Waals surface area contributed by atoms with Crippen LogP contribution in [0.3, 0.4) is 0 Å². The number of ether oxygens (including phenoxy) is 1. The van der Waals surface area contributed by atoms with E-state index in [1.54, 1.807) is 7.11 Å². The lowest BCUT2D eigenvalue weighted by Crippen LogP contribution is -2.60. The smallest absolute Gasteiger partial charge is 0.242 e. The van der Waals surface area contributed by atoms with Crippen LogP contribution in [-0.2, 0) is 9.53 Å². The molecule has 0 aromatic rings.